The molecule has 4 heterocycles. The Morgan fingerprint density at radius 2 is 2.10 bits per heavy atom. The second-order valence-electron chi connectivity index (χ2n) is 8.26. The van der Waals surface area contributed by atoms with E-state index in [9.17, 15) is 9.90 Å². The third-order valence-corrected chi connectivity index (χ3v) is 6.40. The number of phenols is 1. The van der Waals surface area contributed by atoms with Crippen molar-refractivity contribution < 1.29 is 9.90 Å². The molecule has 150 valence electrons. The van der Waals surface area contributed by atoms with Gasteiger partial charge in [-0.1, -0.05) is 6.92 Å². The van der Waals surface area contributed by atoms with Crippen molar-refractivity contribution in [1.29, 1.82) is 0 Å². The number of nitrogens with zero attached hydrogens (tertiary/aromatic N) is 3. The highest BCUT2D eigenvalue weighted by Crippen LogP contribution is 2.37. The summed E-state index contributed by atoms with van der Waals surface area (Å²) in [5, 5.41) is 21.3. The van der Waals surface area contributed by atoms with E-state index in [2.05, 4.69) is 20.5 Å². The number of aromatic hydroxyl groups is 1. The molecule has 2 aromatic heterocycles. The van der Waals surface area contributed by atoms with Crippen LogP contribution in [0.2, 0.25) is 0 Å². The normalized spacial score (nSPS) is 21.5. The lowest BCUT2D eigenvalue weighted by Crippen LogP contribution is -2.33. The molecule has 1 atom stereocenters. The van der Waals surface area contributed by atoms with Gasteiger partial charge in [0.25, 0.3) is 5.91 Å². The summed E-state index contributed by atoms with van der Waals surface area (Å²) in [4.78, 5) is 20.3. The van der Waals surface area contributed by atoms with Crippen molar-refractivity contribution in [1.82, 2.24) is 25.4 Å². The van der Waals surface area contributed by atoms with Gasteiger partial charge in [-0.05, 0) is 56.1 Å². The number of aromatic amines is 1. The van der Waals surface area contributed by atoms with Gasteiger partial charge in [-0.3, -0.25) is 9.89 Å². The van der Waals surface area contributed by atoms with Crippen LogP contribution in [-0.4, -0.2) is 57.3 Å². The molecule has 3 N–H and O–H groups in total. The molecule has 0 bridgehead atoms. The number of phenolic OH excluding ortho intramolecular Hbond substituents is 1. The van der Waals surface area contributed by atoms with E-state index in [-0.39, 0.29) is 17.1 Å². The fourth-order valence-corrected chi connectivity index (χ4v) is 4.71. The molecule has 29 heavy (non-hydrogen) atoms. The standard InChI is InChI=1S/C22H25N5O2/c1-2-17-19-16(21(29)27-10-8-22(13-27)7-9-23-12-22)11-18(24-20(19)26-25-17)14-3-5-15(28)6-4-14/h3-6,11,23,28H,2,7-10,12-13H2,1H3,(H,24,25,26). The van der Waals surface area contributed by atoms with Crippen molar-refractivity contribution in [2.45, 2.75) is 26.2 Å². The number of hydrogen-bond acceptors (Lipinski definition) is 5. The second kappa shape index (κ2) is 6.84. The highest BCUT2D eigenvalue weighted by Gasteiger charge is 2.42. The van der Waals surface area contributed by atoms with Crippen LogP contribution in [0, 0.1) is 5.41 Å². The second-order valence-corrected chi connectivity index (χ2v) is 8.26. The van der Waals surface area contributed by atoms with Crippen molar-refractivity contribution in [3.8, 4) is 17.0 Å². The smallest absolute Gasteiger partial charge is 0.254 e. The number of nitrogens with one attached hydrogen (secondary N) is 2. The Kier molecular flexibility index (Phi) is 4.28. The first-order chi connectivity index (χ1) is 14.1. The number of H-pyrrole nitrogens is 1. The van der Waals surface area contributed by atoms with E-state index in [1.54, 1.807) is 24.3 Å². The lowest BCUT2D eigenvalue weighted by atomic mass is 9.86. The van der Waals surface area contributed by atoms with Crippen molar-refractivity contribution in [2.75, 3.05) is 26.2 Å². The van der Waals surface area contributed by atoms with Crippen LogP contribution in [0.1, 0.15) is 35.8 Å². The topological polar surface area (TPSA) is 94.1 Å². The minimum absolute atomic E-state index is 0.0531. The van der Waals surface area contributed by atoms with Crippen LogP contribution in [-0.2, 0) is 6.42 Å². The summed E-state index contributed by atoms with van der Waals surface area (Å²) >= 11 is 0. The Hall–Kier alpha value is -2.93. The maximum atomic E-state index is 13.6. The predicted octanol–water partition coefficient (Wildman–Crippen LogP) is 2.72. The Balaban J connectivity index is 1.58. The van der Waals surface area contributed by atoms with Gasteiger partial charge < -0.3 is 15.3 Å². The third kappa shape index (κ3) is 3.06. The molecule has 2 fully saturated rings. The van der Waals surface area contributed by atoms with Gasteiger partial charge in [-0.25, -0.2) is 4.98 Å². The fraction of sp³-hybridized carbons (Fsp3) is 0.409. The quantitative estimate of drug-likeness (QED) is 0.638. The van der Waals surface area contributed by atoms with E-state index in [1.807, 2.05) is 17.9 Å². The van der Waals surface area contributed by atoms with Gasteiger partial charge in [0.2, 0.25) is 0 Å². The van der Waals surface area contributed by atoms with Crippen LogP contribution >= 0.6 is 0 Å². The number of fused-ring (bicyclic) bond motifs is 1. The Morgan fingerprint density at radius 1 is 1.28 bits per heavy atom. The summed E-state index contributed by atoms with van der Waals surface area (Å²) in [6, 6.07) is 8.74. The molecule has 0 saturated carbocycles. The SMILES string of the molecule is CCc1[nH]nc2nc(-c3ccc(O)cc3)cc(C(=O)N3CCC4(CCNC4)C3)c12. The van der Waals surface area contributed by atoms with Crippen LogP contribution in [0.5, 0.6) is 5.75 Å². The first kappa shape index (κ1) is 18.1. The lowest BCUT2D eigenvalue weighted by molar-refractivity contribution is 0.0777. The Bertz CT molecular complexity index is 1070. The fourth-order valence-electron chi connectivity index (χ4n) is 4.71. The molecule has 7 nitrogen and oxygen atoms in total. The molecule has 2 aliphatic rings. The van der Waals surface area contributed by atoms with E-state index in [1.165, 1.54) is 0 Å². The molecule has 3 aromatic rings. The molecule has 2 aliphatic heterocycles. The van der Waals surface area contributed by atoms with E-state index >= 15 is 0 Å². The van der Waals surface area contributed by atoms with Gasteiger partial charge in [-0.15, -0.1) is 0 Å². The van der Waals surface area contributed by atoms with E-state index in [4.69, 9.17) is 0 Å². The number of benzene rings is 1. The molecule has 1 spiro atoms. The zero-order valence-corrected chi connectivity index (χ0v) is 16.5. The van der Waals surface area contributed by atoms with Crippen molar-refractivity contribution in [3.63, 3.8) is 0 Å². The summed E-state index contributed by atoms with van der Waals surface area (Å²) in [6.45, 7) is 5.67. The number of aromatic nitrogens is 3. The number of carbonyl (C=O) groups is 1. The van der Waals surface area contributed by atoms with Crippen molar-refractivity contribution in [3.05, 3.63) is 41.6 Å². The van der Waals surface area contributed by atoms with Crippen molar-refractivity contribution in [2.24, 2.45) is 5.41 Å². The summed E-state index contributed by atoms with van der Waals surface area (Å²) in [7, 11) is 0. The van der Waals surface area contributed by atoms with Crippen LogP contribution in [0.15, 0.2) is 30.3 Å². The largest absolute Gasteiger partial charge is 0.508 e. The number of rotatable bonds is 3. The first-order valence-electron chi connectivity index (χ1n) is 10.3. The number of hydrogen-bond donors (Lipinski definition) is 3. The van der Waals surface area contributed by atoms with E-state index in [0.29, 0.717) is 16.9 Å². The lowest BCUT2D eigenvalue weighted by Gasteiger charge is -2.23. The molecule has 1 unspecified atom stereocenters. The van der Waals surface area contributed by atoms with Crippen LogP contribution < -0.4 is 5.32 Å². The maximum Gasteiger partial charge on any atom is 0.254 e. The molecule has 7 heteroatoms. The number of pyridine rings is 1. The van der Waals surface area contributed by atoms with Gasteiger partial charge in [0.05, 0.1) is 16.6 Å². The summed E-state index contributed by atoms with van der Waals surface area (Å²) in [5.74, 6) is 0.254. The average molecular weight is 391 g/mol. The molecule has 1 amide bonds. The van der Waals surface area contributed by atoms with Gasteiger partial charge in [0.1, 0.15) is 5.75 Å². The van der Waals surface area contributed by atoms with Crippen LogP contribution in [0.25, 0.3) is 22.3 Å². The van der Waals surface area contributed by atoms with Gasteiger partial charge >= 0.3 is 0 Å². The van der Waals surface area contributed by atoms with Gasteiger partial charge in [0.15, 0.2) is 5.65 Å². The van der Waals surface area contributed by atoms with Gasteiger partial charge in [-0.2, -0.15) is 5.10 Å². The van der Waals surface area contributed by atoms with Gasteiger partial charge in [0, 0.05) is 36.3 Å². The first-order valence-corrected chi connectivity index (χ1v) is 10.3. The third-order valence-electron chi connectivity index (χ3n) is 6.40. The minimum Gasteiger partial charge on any atom is -0.508 e. The number of carbonyl (C=O) groups excluding carboxylic acids is 1. The molecular formula is C22H25N5O2. The van der Waals surface area contributed by atoms with Crippen LogP contribution in [0.4, 0.5) is 0 Å². The number of amides is 1. The summed E-state index contributed by atoms with van der Waals surface area (Å²) < 4.78 is 0. The number of likely N-dealkylation sites (tertiary alicyclic amines) is 1. The number of aryl methyl sites for hydroxylation is 1. The minimum atomic E-state index is 0.0531. The molecular weight excluding hydrogens is 366 g/mol. The predicted molar refractivity (Wildman–Crippen MR) is 111 cm³/mol. The zero-order valence-electron chi connectivity index (χ0n) is 16.5. The highest BCUT2D eigenvalue weighted by atomic mass is 16.3. The summed E-state index contributed by atoms with van der Waals surface area (Å²) in [5.41, 5.74) is 3.92. The van der Waals surface area contributed by atoms with Crippen LogP contribution in [0.3, 0.4) is 0 Å². The maximum absolute atomic E-state index is 13.6. The Labute approximate surface area is 169 Å². The molecule has 0 radical (unpaired) electrons. The Morgan fingerprint density at radius 3 is 2.83 bits per heavy atom. The summed E-state index contributed by atoms with van der Waals surface area (Å²) in [6.07, 6.45) is 2.94. The van der Waals surface area contributed by atoms with E-state index < -0.39 is 0 Å². The molecule has 2 saturated heterocycles. The van der Waals surface area contributed by atoms with Crippen molar-refractivity contribution >= 4 is 16.9 Å². The monoisotopic (exact) mass is 391 g/mol. The zero-order chi connectivity index (χ0) is 20.0. The molecule has 5 rings (SSSR count). The highest BCUT2D eigenvalue weighted by molar-refractivity contribution is 6.07. The molecule has 1 aromatic carbocycles. The van der Waals surface area contributed by atoms with E-state index in [0.717, 1.165) is 62.1 Å². The average Bonchev–Trinajstić information content (AvgIpc) is 3.48. The molecule has 0 aliphatic carbocycles.